The van der Waals surface area contributed by atoms with E-state index in [1.807, 2.05) is 0 Å². The first-order valence-electron chi connectivity index (χ1n) is 9.06. The minimum Gasteiger partial charge on any atom is -0.497 e. The molecular weight excluding hydrogens is 386 g/mol. The molecule has 0 aliphatic carbocycles. The summed E-state index contributed by atoms with van der Waals surface area (Å²) in [6, 6.07) is 12.1. The van der Waals surface area contributed by atoms with E-state index in [1.54, 1.807) is 49.6 Å². The number of methoxy groups -OCH3 is 2. The highest BCUT2D eigenvalue weighted by atomic mass is 16.5. The third kappa shape index (κ3) is 7.20. The molecule has 2 rings (SSSR count). The zero-order valence-corrected chi connectivity index (χ0v) is 16.8. The standard InChI is InChI=1S/C22H23N3O5/c1-4-13-30-19-10-5-16(14-20(19)29-3)15-23-25-22(27)12-11-21(26)24-17-6-8-18(28-2)9-7-17/h1,5-10,14-15H,11-13H2,2-3H3,(H,24,26)(H,25,27). The number of hydrazone groups is 1. The topological polar surface area (TPSA) is 98.2 Å². The molecule has 0 bridgehead atoms. The Labute approximate surface area is 175 Å². The second-order valence-electron chi connectivity index (χ2n) is 5.97. The fourth-order valence-electron chi connectivity index (χ4n) is 2.36. The summed E-state index contributed by atoms with van der Waals surface area (Å²) in [7, 11) is 3.08. The lowest BCUT2D eigenvalue weighted by atomic mass is 10.2. The van der Waals surface area contributed by atoms with Gasteiger partial charge in [-0.3, -0.25) is 9.59 Å². The molecule has 0 saturated heterocycles. The minimum absolute atomic E-state index is 0.00150. The molecule has 0 fully saturated rings. The van der Waals surface area contributed by atoms with Crippen LogP contribution in [0, 0.1) is 12.3 Å². The van der Waals surface area contributed by atoms with Crippen molar-refractivity contribution in [3.63, 3.8) is 0 Å². The molecule has 0 atom stereocenters. The number of carbonyl (C=O) groups is 2. The monoisotopic (exact) mass is 409 g/mol. The van der Waals surface area contributed by atoms with Crippen LogP contribution in [-0.2, 0) is 9.59 Å². The number of nitrogens with one attached hydrogen (secondary N) is 2. The predicted molar refractivity (Wildman–Crippen MR) is 114 cm³/mol. The third-order valence-electron chi connectivity index (χ3n) is 3.85. The van der Waals surface area contributed by atoms with Crippen LogP contribution in [-0.4, -0.2) is 38.9 Å². The van der Waals surface area contributed by atoms with E-state index in [0.29, 0.717) is 28.5 Å². The van der Waals surface area contributed by atoms with Crippen LogP contribution in [0.4, 0.5) is 5.69 Å². The van der Waals surface area contributed by atoms with Gasteiger partial charge in [0, 0.05) is 18.5 Å². The lowest BCUT2D eigenvalue weighted by molar-refractivity contribution is -0.124. The van der Waals surface area contributed by atoms with Crippen LogP contribution < -0.4 is 25.0 Å². The molecular formula is C22H23N3O5. The Kier molecular flexibility index (Phi) is 8.74. The molecule has 8 nitrogen and oxygen atoms in total. The predicted octanol–water partition coefficient (Wildman–Crippen LogP) is 2.58. The highest BCUT2D eigenvalue weighted by Gasteiger charge is 2.07. The number of hydrogen-bond donors (Lipinski definition) is 2. The third-order valence-corrected chi connectivity index (χ3v) is 3.85. The van der Waals surface area contributed by atoms with E-state index < -0.39 is 0 Å². The fourth-order valence-corrected chi connectivity index (χ4v) is 2.36. The minimum atomic E-state index is -0.378. The number of rotatable bonds is 10. The summed E-state index contributed by atoms with van der Waals surface area (Å²) in [6.45, 7) is 0.131. The van der Waals surface area contributed by atoms with Crippen molar-refractivity contribution in [1.82, 2.24) is 5.43 Å². The summed E-state index contributed by atoms with van der Waals surface area (Å²) in [6.07, 6.45) is 6.67. The van der Waals surface area contributed by atoms with Gasteiger partial charge in [-0.25, -0.2) is 5.43 Å². The van der Waals surface area contributed by atoms with Crippen LogP contribution in [0.1, 0.15) is 18.4 Å². The van der Waals surface area contributed by atoms with Gasteiger partial charge >= 0.3 is 0 Å². The maximum absolute atomic E-state index is 11.9. The van der Waals surface area contributed by atoms with Crippen LogP contribution in [0.5, 0.6) is 17.2 Å². The van der Waals surface area contributed by atoms with Gasteiger partial charge in [-0.2, -0.15) is 5.10 Å². The van der Waals surface area contributed by atoms with Gasteiger partial charge in [-0.15, -0.1) is 6.42 Å². The number of anilines is 1. The first-order valence-corrected chi connectivity index (χ1v) is 9.06. The zero-order chi connectivity index (χ0) is 21.8. The van der Waals surface area contributed by atoms with Crippen molar-refractivity contribution in [2.75, 3.05) is 26.1 Å². The van der Waals surface area contributed by atoms with E-state index in [0.717, 1.165) is 0 Å². The van der Waals surface area contributed by atoms with Crippen molar-refractivity contribution < 1.29 is 23.8 Å². The average molecular weight is 409 g/mol. The van der Waals surface area contributed by atoms with Crippen LogP contribution >= 0.6 is 0 Å². The number of carbonyl (C=O) groups excluding carboxylic acids is 2. The molecule has 2 aromatic carbocycles. The summed E-state index contributed by atoms with van der Waals surface area (Å²) in [5.41, 5.74) is 3.71. The zero-order valence-electron chi connectivity index (χ0n) is 16.8. The fraction of sp³-hybridized carbons (Fsp3) is 0.227. The molecule has 0 aliphatic heterocycles. The highest BCUT2D eigenvalue weighted by molar-refractivity contribution is 5.93. The Morgan fingerprint density at radius 1 is 1.03 bits per heavy atom. The number of terminal acetylenes is 1. The maximum atomic E-state index is 11.9. The van der Waals surface area contributed by atoms with E-state index in [9.17, 15) is 9.59 Å². The van der Waals surface area contributed by atoms with Crippen molar-refractivity contribution in [2.24, 2.45) is 5.10 Å². The lowest BCUT2D eigenvalue weighted by Gasteiger charge is -2.09. The second kappa shape index (κ2) is 11.8. The van der Waals surface area contributed by atoms with E-state index >= 15 is 0 Å². The maximum Gasteiger partial charge on any atom is 0.240 e. The molecule has 2 N–H and O–H groups in total. The molecule has 0 radical (unpaired) electrons. The molecule has 30 heavy (non-hydrogen) atoms. The number of benzene rings is 2. The van der Waals surface area contributed by atoms with Gasteiger partial charge in [-0.05, 0) is 48.0 Å². The second-order valence-corrected chi connectivity index (χ2v) is 5.97. The van der Waals surface area contributed by atoms with Crippen molar-refractivity contribution in [3.05, 3.63) is 48.0 Å². The molecule has 0 saturated carbocycles. The normalized spacial score (nSPS) is 10.2. The Morgan fingerprint density at radius 3 is 2.43 bits per heavy atom. The van der Waals surface area contributed by atoms with Gasteiger partial charge < -0.3 is 19.5 Å². The summed E-state index contributed by atoms with van der Waals surface area (Å²) in [4.78, 5) is 23.8. The van der Waals surface area contributed by atoms with Crippen LogP contribution in [0.25, 0.3) is 0 Å². The van der Waals surface area contributed by atoms with E-state index in [4.69, 9.17) is 20.6 Å². The SMILES string of the molecule is C#CCOc1ccc(C=NNC(=O)CCC(=O)Nc2ccc(OC)cc2)cc1OC. The Balaban J connectivity index is 1.78. The molecule has 2 aromatic rings. The van der Waals surface area contributed by atoms with Gasteiger partial charge in [0.25, 0.3) is 0 Å². The molecule has 0 unspecified atom stereocenters. The van der Waals surface area contributed by atoms with Gasteiger partial charge in [0.05, 0.1) is 20.4 Å². The smallest absolute Gasteiger partial charge is 0.240 e. The summed E-state index contributed by atoms with van der Waals surface area (Å²) in [5, 5.41) is 6.60. The quantitative estimate of drug-likeness (QED) is 0.357. The first-order chi connectivity index (χ1) is 14.5. The lowest BCUT2D eigenvalue weighted by Crippen LogP contribution is -2.20. The van der Waals surface area contributed by atoms with Crippen molar-refractivity contribution >= 4 is 23.7 Å². The first kappa shape index (κ1) is 22.3. The molecule has 8 heteroatoms. The van der Waals surface area contributed by atoms with Crippen molar-refractivity contribution in [2.45, 2.75) is 12.8 Å². The number of ether oxygens (including phenoxy) is 3. The molecule has 0 aliphatic rings. The largest absolute Gasteiger partial charge is 0.497 e. The van der Waals surface area contributed by atoms with Gasteiger partial charge in [0.2, 0.25) is 11.8 Å². The molecule has 156 valence electrons. The highest BCUT2D eigenvalue weighted by Crippen LogP contribution is 2.27. The van der Waals surface area contributed by atoms with Crippen LogP contribution in [0.3, 0.4) is 0 Å². The van der Waals surface area contributed by atoms with Gasteiger partial charge in [-0.1, -0.05) is 5.92 Å². The van der Waals surface area contributed by atoms with Gasteiger partial charge in [0.15, 0.2) is 11.5 Å². The van der Waals surface area contributed by atoms with Gasteiger partial charge in [0.1, 0.15) is 12.4 Å². The molecule has 0 heterocycles. The number of nitrogens with zero attached hydrogens (tertiary/aromatic N) is 1. The number of amides is 2. The van der Waals surface area contributed by atoms with E-state index in [2.05, 4.69) is 21.8 Å². The van der Waals surface area contributed by atoms with Crippen molar-refractivity contribution in [1.29, 1.82) is 0 Å². The summed E-state index contributed by atoms with van der Waals surface area (Å²) >= 11 is 0. The van der Waals surface area contributed by atoms with Crippen molar-refractivity contribution in [3.8, 4) is 29.6 Å². The molecule has 0 spiro atoms. The van der Waals surface area contributed by atoms with Crippen LogP contribution in [0.15, 0.2) is 47.6 Å². The number of hydrogen-bond acceptors (Lipinski definition) is 6. The summed E-state index contributed by atoms with van der Waals surface area (Å²) < 4.78 is 15.7. The van der Waals surface area contributed by atoms with E-state index in [1.165, 1.54) is 13.3 Å². The van der Waals surface area contributed by atoms with Crippen LogP contribution in [0.2, 0.25) is 0 Å². The van der Waals surface area contributed by atoms with E-state index in [-0.39, 0.29) is 31.3 Å². The Bertz CT molecular complexity index is 933. The molecule has 2 amide bonds. The summed E-state index contributed by atoms with van der Waals surface area (Å²) in [5.74, 6) is 3.43. The molecule has 0 aromatic heterocycles. The average Bonchev–Trinajstić information content (AvgIpc) is 2.77. The Morgan fingerprint density at radius 2 is 1.77 bits per heavy atom. The Hall–Kier alpha value is -3.99.